The summed E-state index contributed by atoms with van der Waals surface area (Å²) < 4.78 is 5.20. The summed E-state index contributed by atoms with van der Waals surface area (Å²) in [6, 6.07) is 12.2. The van der Waals surface area contributed by atoms with Crippen LogP contribution in [0.15, 0.2) is 42.5 Å². The molecule has 2 aliphatic rings. The number of carbonyl (C=O) groups is 3. The lowest BCUT2D eigenvalue weighted by molar-refractivity contribution is -0.135. The third-order valence-electron chi connectivity index (χ3n) is 6.24. The standard InChI is InChI=1S/C25H29N3O4/c1-3-23(29)26-20-9-6-18-15-22(25(31)27-12-4-5-13-27)28(16-19(18)14-20)24(30)17-7-10-21(32-2)11-8-17/h6-11,14,22H,3-5,12-13,15-16H2,1-2H3,(H,26,29)/t22-/m1/s1. The van der Waals surface area contributed by atoms with Crippen LogP contribution >= 0.6 is 0 Å². The average molecular weight is 436 g/mol. The number of methoxy groups -OCH3 is 1. The maximum absolute atomic E-state index is 13.5. The van der Waals surface area contributed by atoms with Gasteiger partial charge in [-0.25, -0.2) is 0 Å². The molecule has 7 heteroatoms. The molecule has 1 saturated heterocycles. The molecule has 0 bridgehead atoms. The van der Waals surface area contributed by atoms with Crippen molar-refractivity contribution in [2.75, 3.05) is 25.5 Å². The summed E-state index contributed by atoms with van der Waals surface area (Å²) in [4.78, 5) is 42.2. The minimum Gasteiger partial charge on any atom is -0.497 e. The molecule has 1 fully saturated rings. The Balaban J connectivity index is 1.65. The summed E-state index contributed by atoms with van der Waals surface area (Å²) in [5.74, 6) is 0.442. The van der Waals surface area contributed by atoms with E-state index in [1.165, 1.54) is 0 Å². The Kier molecular flexibility index (Phi) is 6.44. The zero-order chi connectivity index (χ0) is 22.7. The van der Waals surface area contributed by atoms with Crippen molar-refractivity contribution in [2.45, 2.75) is 45.2 Å². The molecular weight excluding hydrogens is 406 g/mol. The van der Waals surface area contributed by atoms with Crippen LogP contribution in [0.2, 0.25) is 0 Å². The number of fused-ring (bicyclic) bond motifs is 1. The first-order valence-electron chi connectivity index (χ1n) is 11.2. The molecule has 3 amide bonds. The molecule has 2 aromatic carbocycles. The number of likely N-dealkylation sites (tertiary alicyclic amines) is 1. The van der Waals surface area contributed by atoms with Crippen LogP contribution in [0.1, 0.15) is 47.7 Å². The Hall–Kier alpha value is -3.35. The van der Waals surface area contributed by atoms with Crippen molar-refractivity contribution < 1.29 is 19.1 Å². The van der Waals surface area contributed by atoms with Crippen molar-refractivity contribution in [1.82, 2.24) is 9.80 Å². The Morgan fingerprint density at radius 1 is 1.03 bits per heavy atom. The zero-order valence-corrected chi connectivity index (χ0v) is 18.6. The summed E-state index contributed by atoms with van der Waals surface area (Å²) in [5.41, 5.74) is 3.21. The highest BCUT2D eigenvalue weighted by Crippen LogP contribution is 2.29. The van der Waals surface area contributed by atoms with Gasteiger partial charge in [0.25, 0.3) is 5.91 Å². The fourth-order valence-electron chi connectivity index (χ4n) is 4.39. The van der Waals surface area contributed by atoms with Crippen molar-refractivity contribution in [3.63, 3.8) is 0 Å². The molecule has 0 aromatic heterocycles. The first-order chi connectivity index (χ1) is 15.5. The summed E-state index contributed by atoms with van der Waals surface area (Å²) in [7, 11) is 1.58. The van der Waals surface area contributed by atoms with E-state index < -0.39 is 6.04 Å². The maximum Gasteiger partial charge on any atom is 0.254 e. The maximum atomic E-state index is 13.5. The number of hydrogen-bond acceptors (Lipinski definition) is 4. The monoisotopic (exact) mass is 435 g/mol. The van der Waals surface area contributed by atoms with Gasteiger partial charge in [-0.2, -0.15) is 0 Å². The minimum absolute atomic E-state index is 0.0124. The fourth-order valence-corrected chi connectivity index (χ4v) is 4.39. The predicted molar refractivity (Wildman–Crippen MR) is 122 cm³/mol. The number of benzene rings is 2. The van der Waals surface area contributed by atoms with Crippen LogP contribution in [0.4, 0.5) is 5.69 Å². The van der Waals surface area contributed by atoms with Crippen molar-refractivity contribution in [2.24, 2.45) is 0 Å². The SMILES string of the molecule is CCC(=O)Nc1ccc2c(c1)CN(C(=O)c1ccc(OC)cc1)[C@@H](C(=O)N1CCCC1)C2. The molecule has 1 N–H and O–H groups in total. The van der Waals surface area contributed by atoms with Gasteiger partial charge < -0.3 is 19.9 Å². The second-order valence-corrected chi connectivity index (χ2v) is 8.30. The summed E-state index contributed by atoms with van der Waals surface area (Å²) in [5, 5.41) is 2.88. The largest absolute Gasteiger partial charge is 0.497 e. The summed E-state index contributed by atoms with van der Waals surface area (Å²) in [6.45, 7) is 3.61. The smallest absolute Gasteiger partial charge is 0.254 e. The highest BCUT2D eigenvalue weighted by Gasteiger charge is 2.38. The molecule has 0 aliphatic carbocycles. The van der Waals surface area contributed by atoms with Crippen LogP contribution in [-0.4, -0.2) is 53.8 Å². The van der Waals surface area contributed by atoms with E-state index in [1.807, 2.05) is 23.1 Å². The molecular formula is C25H29N3O4. The Labute approximate surface area is 188 Å². The molecule has 0 radical (unpaired) electrons. The molecule has 0 spiro atoms. The summed E-state index contributed by atoms with van der Waals surface area (Å²) in [6.07, 6.45) is 2.87. The molecule has 168 valence electrons. The number of nitrogens with zero attached hydrogens (tertiary/aromatic N) is 2. The molecule has 7 nitrogen and oxygen atoms in total. The van der Waals surface area contributed by atoms with Gasteiger partial charge in [0.05, 0.1) is 7.11 Å². The van der Waals surface area contributed by atoms with Gasteiger partial charge in [0.2, 0.25) is 11.8 Å². The van der Waals surface area contributed by atoms with Gasteiger partial charge in [-0.05, 0) is 60.4 Å². The molecule has 2 aliphatic heterocycles. The number of nitrogens with one attached hydrogen (secondary N) is 1. The molecule has 1 atom stereocenters. The lowest BCUT2D eigenvalue weighted by Crippen LogP contribution is -2.53. The third-order valence-corrected chi connectivity index (χ3v) is 6.24. The number of hydrogen-bond donors (Lipinski definition) is 1. The van der Waals surface area contributed by atoms with Crippen LogP contribution in [0.5, 0.6) is 5.75 Å². The highest BCUT2D eigenvalue weighted by molar-refractivity contribution is 5.98. The van der Waals surface area contributed by atoms with Gasteiger partial charge in [0.1, 0.15) is 11.8 Å². The van der Waals surface area contributed by atoms with Crippen molar-refractivity contribution in [3.8, 4) is 5.75 Å². The molecule has 2 heterocycles. The molecule has 0 unspecified atom stereocenters. The van der Waals surface area contributed by atoms with Crippen LogP contribution in [0.25, 0.3) is 0 Å². The number of rotatable bonds is 5. The lowest BCUT2D eigenvalue weighted by Gasteiger charge is -2.38. The minimum atomic E-state index is -0.536. The van der Waals surface area contributed by atoms with Gasteiger partial charge in [-0.3, -0.25) is 14.4 Å². The number of anilines is 1. The van der Waals surface area contributed by atoms with E-state index in [0.717, 1.165) is 37.1 Å². The van der Waals surface area contributed by atoms with Crippen LogP contribution in [-0.2, 0) is 22.6 Å². The second kappa shape index (κ2) is 9.42. The van der Waals surface area contributed by atoms with Crippen LogP contribution in [0, 0.1) is 0 Å². The second-order valence-electron chi connectivity index (χ2n) is 8.30. The molecule has 32 heavy (non-hydrogen) atoms. The Morgan fingerprint density at radius 2 is 1.75 bits per heavy atom. The van der Waals surface area contributed by atoms with Crippen molar-refractivity contribution in [1.29, 1.82) is 0 Å². The van der Waals surface area contributed by atoms with Gasteiger partial charge >= 0.3 is 0 Å². The number of carbonyl (C=O) groups excluding carboxylic acids is 3. The van der Waals surface area contributed by atoms with E-state index >= 15 is 0 Å². The molecule has 0 saturated carbocycles. The van der Waals surface area contributed by atoms with Crippen molar-refractivity contribution >= 4 is 23.4 Å². The number of ether oxygens (including phenoxy) is 1. The first kappa shape index (κ1) is 21.9. The van der Waals surface area contributed by atoms with Gasteiger partial charge in [0, 0.05) is 43.7 Å². The normalized spacial score (nSPS) is 17.6. The van der Waals surface area contributed by atoms with E-state index in [4.69, 9.17) is 4.74 Å². The molecule has 2 aromatic rings. The number of amides is 3. The predicted octanol–water partition coefficient (Wildman–Crippen LogP) is 3.23. The van der Waals surface area contributed by atoms with E-state index in [2.05, 4.69) is 5.32 Å². The highest BCUT2D eigenvalue weighted by atomic mass is 16.5. The quantitative estimate of drug-likeness (QED) is 0.782. The van der Waals surface area contributed by atoms with Crippen molar-refractivity contribution in [3.05, 3.63) is 59.2 Å². The fraction of sp³-hybridized carbons (Fsp3) is 0.400. The Bertz CT molecular complexity index is 1010. The topological polar surface area (TPSA) is 79.0 Å². The first-order valence-corrected chi connectivity index (χ1v) is 11.2. The average Bonchev–Trinajstić information content (AvgIpc) is 3.37. The van der Waals surface area contributed by atoms with Gasteiger partial charge in [-0.15, -0.1) is 0 Å². The zero-order valence-electron chi connectivity index (χ0n) is 18.6. The van der Waals surface area contributed by atoms with Gasteiger partial charge in [-0.1, -0.05) is 13.0 Å². The van der Waals surface area contributed by atoms with Gasteiger partial charge in [0.15, 0.2) is 0 Å². The van der Waals surface area contributed by atoms with E-state index in [9.17, 15) is 14.4 Å². The lowest BCUT2D eigenvalue weighted by atomic mass is 9.92. The molecule has 4 rings (SSSR count). The third kappa shape index (κ3) is 4.47. The van der Waals surface area contributed by atoms with E-state index in [1.54, 1.807) is 43.2 Å². The van der Waals surface area contributed by atoms with Crippen LogP contribution in [0.3, 0.4) is 0 Å². The van der Waals surface area contributed by atoms with E-state index in [-0.39, 0.29) is 17.7 Å². The van der Waals surface area contributed by atoms with E-state index in [0.29, 0.717) is 36.4 Å². The van der Waals surface area contributed by atoms with Crippen LogP contribution < -0.4 is 10.1 Å². The summed E-state index contributed by atoms with van der Waals surface area (Å²) >= 11 is 0. The Morgan fingerprint density at radius 3 is 2.41 bits per heavy atom.